The van der Waals surface area contributed by atoms with Gasteiger partial charge < -0.3 is 9.47 Å². The van der Waals surface area contributed by atoms with Crippen molar-refractivity contribution in [2.24, 2.45) is 11.8 Å². The lowest BCUT2D eigenvalue weighted by molar-refractivity contribution is -0.142. The average Bonchev–Trinajstić information content (AvgIpc) is 2.94. The molecule has 0 radical (unpaired) electrons. The van der Waals surface area contributed by atoms with E-state index in [9.17, 15) is 9.59 Å². The Morgan fingerprint density at radius 2 is 2.11 bits per heavy atom. The Labute approximate surface area is 111 Å². The highest BCUT2D eigenvalue weighted by Gasteiger charge is 2.73. The second kappa shape index (κ2) is 3.18. The average molecular weight is 260 g/mol. The molecule has 0 unspecified atom stereocenters. The summed E-state index contributed by atoms with van der Waals surface area (Å²) in [6, 6.07) is 0. The van der Waals surface area contributed by atoms with E-state index in [4.69, 9.17) is 9.47 Å². The molecule has 1 saturated carbocycles. The number of hydrogen-bond donors (Lipinski definition) is 0. The summed E-state index contributed by atoms with van der Waals surface area (Å²) >= 11 is 0. The summed E-state index contributed by atoms with van der Waals surface area (Å²) in [6.07, 6.45) is 1.06. The van der Waals surface area contributed by atoms with Gasteiger partial charge in [0.25, 0.3) is 0 Å². The molecule has 3 fully saturated rings. The van der Waals surface area contributed by atoms with E-state index in [1.54, 1.807) is 0 Å². The number of epoxide rings is 1. The molecule has 0 spiro atoms. The van der Waals surface area contributed by atoms with Crippen LogP contribution in [0.15, 0.2) is 23.3 Å². The molecule has 19 heavy (non-hydrogen) atoms. The first-order valence-corrected chi connectivity index (χ1v) is 6.76. The number of ketones is 1. The van der Waals surface area contributed by atoms with Gasteiger partial charge in [0.1, 0.15) is 11.7 Å². The van der Waals surface area contributed by atoms with Crippen LogP contribution in [0.25, 0.3) is 0 Å². The van der Waals surface area contributed by atoms with Crippen LogP contribution in [0.1, 0.15) is 26.7 Å². The van der Waals surface area contributed by atoms with Crippen molar-refractivity contribution in [1.82, 2.24) is 0 Å². The Hall–Kier alpha value is -1.42. The van der Waals surface area contributed by atoms with E-state index in [0.717, 1.165) is 24.0 Å². The first-order valence-electron chi connectivity index (χ1n) is 6.76. The van der Waals surface area contributed by atoms with Gasteiger partial charge in [-0.3, -0.25) is 4.79 Å². The zero-order valence-electron chi connectivity index (χ0n) is 11.1. The van der Waals surface area contributed by atoms with Crippen LogP contribution in [0.3, 0.4) is 0 Å². The minimum absolute atomic E-state index is 0.0255. The molecule has 4 aliphatic rings. The van der Waals surface area contributed by atoms with Crippen molar-refractivity contribution in [1.29, 1.82) is 0 Å². The molecular formula is C15H16O4. The zero-order chi connectivity index (χ0) is 13.5. The molecule has 2 aliphatic carbocycles. The molecule has 0 bridgehead atoms. The molecule has 4 nitrogen and oxygen atoms in total. The van der Waals surface area contributed by atoms with Crippen LogP contribution in [-0.2, 0) is 19.1 Å². The molecule has 0 aromatic heterocycles. The van der Waals surface area contributed by atoms with Crippen LogP contribution < -0.4 is 0 Å². The number of carbonyl (C=O) groups is 2. The quantitative estimate of drug-likeness (QED) is 0.377. The van der Waals surface area contributed by atoms with E-state index in [1.165, 1.54) is 0 Å². The van der Waals surface area contributed by atoms with E-state index < -0.39 is 5.60 Å². The van der Waals surface area contributed by atoms with Gasteiger partial charge in [0.05, 0.1) is 5.92 Å². The monoisotopic (exact) mass is 260 g/mol. The predicted molar refractivity (Wildman–Crippen MR) is 66.2 cm³/mol. The molecular weight excluding hydrogens is 244 g/mol. The maximum atomic E-state index is 12.4. The summed E-state index contributed by atoms with van der Waals surface area (Å²) in [5.41, 5.74) is 2.07. The molecule has 0 N–H and O–H groups in total. The summed E-state index contributed by atoms with van der Waals surface area (Å²) in [6.45, 7) is 7.83. The minimum atomic E-state index is -0.466. The van der Waals surface area contributed by atoms with E-state index in [1.807, 2.05) is 13.8 Å². The molecule has 100 valence electrons. The van der Waals surface area contributed by atoms with Gasteiger partial charge >= 0.3 is 5.97 Å². The molecule has 2 saturated heterocycles. The van der Waals surface area contributed by atoms with Crippen molar-refractivity contribution >= 4 is 11.8 Å². The van der Waals surface area contributed by atoms with Crippen LogP contribution in [0.4, 0.5) is 0 Å². The van der Waals surface area contributed by atoms with Crippen molar-refractivity contribution in [3.8, 4) is 0 Å². The predicted octanol–water partition coefficient (Wildman–Crippen LogP) is 1.55. The highest BCUT2D eigenvalue weighted by Crippen LogP contribution is 2.60. The number of carbonyl (C=O) groups excluding carboxylic acids is 2. The second-order valence-corrected chi connectivity index (χ2v) is 6.26. The number of esters is 1. The third kappa shape index (κ3) is 1.18. The molecule has 0 aromatic rings. The van der Waals surface area contributed by atoms with Crippen molar-refractivity contribution < 1.29 is 19.1 Å². The van der Waals surface area contributed by atoms with Gasteiger partial charge in [-0.1, -0.05) is 12.2 Å². The van der Waals surface area contributed by atoms with Crippen molar-refractivity contribution in [3.63, 3.8) is 0 Å². The van der Waals surface area contributed by atoms with Gasteiger partial charge in [0.15, 0.2) is 11.9 Å². The summed E-state index contributed by atoms with van der Waals surface area (Å²) < 4.78 is 11.1. The summed E-state index contributed by atoms with van der Waals surface area (Å²) in [4.78, 5) is 24.1. The Morgan fingerprint density at radius 3 is 2.84 bits per heavy atom. The molecule has 4 heteroatoms. The van der Waals surface area contributed by atoms with Crippen LogP contribution in [-0.4, -0.2) is 29.6 Å². The van der Waals surface area contributed by atoms with E-state index in [0.29, 0.717) is 5.57 Å². The fourth-order valence-corrected chi connectivity index (χ4v) is 4.09. The van der Waals surface area contributed by atoms with Crippen LogP contribution in [0, 0.1) is 11.8 Å². The van der Waals surface area contributed by atoms with E-state index >= 15 is 0 Å². The van der Waals surface area contributed by atoms with E-state index in [-0.39, 0.29) is 35.8 Å². The number of fused-ring (bicyclic) bond motifs is 5. The number of hydrogen-bond acceptors (Lipinski definition) is 4. The minimum Gasteiger partial charge on any atom is -0.458 e. The van der Waals surface area contributed by atoms with Gasteiger partial charge in [-0.25, -0.2) is 4.79 Å². The van der Waals surface area contributed by atoms with Gasteiger partial charge in [-0.2, -0.15) is 0 Å². The Morgan fingerprint density at radius 1 is 1.37 bits per heavy atom. The zero-order valence-corrected chi connectivity index (χ0v) is 11.1. The number of ether oxygens (including phenoxy) is 2. The highest BCUT2D eigenvalue weighted by molar-refractivity contribution is 6.07. The largest absolute Gasteiger partial charge is 0.458 e. The van der Waals surface area contributed by atoms with Crippen LogP contribution in [0.5, 0.6) is 0 Å². The number of allylic oxidation sites excluding steroid dienone is 1. The molecule has 4 rings (SSSR count). The standard InChI is InChI=1S/C15H16O4/c1-6-4-5-8-7(2)14(17)18-12(8)10-9(6)11(16)13-15(10,3)19-13/h8,10,12-13H,2,4-5H2,1,3H3/t8-,10-,12+,13+,15+/m0/s1. The lowest BCUT2D eigenvalue weighted by atomic mass is 9.81. The first-order chi connectivity index (χ1) is 8.95. The lowest BCUT2D eigenvalue weighted by Gasteiger charge is -2.26. The second-order valence-electron chi connectivity index (χ2n) is 6.26. The fraction of sp³-hybridized carbons (Fsp3) is 0.600. The van der Waals surface area contributed by atoms with Crippen LogP contribution in [0.2, 0.25) is 0 Å². The lowest BCUT2D eigenvalue weighted by Crippen LogP contribution is -2.35. The SMILES string of the molecule is C=C1C(=O)O[C@@H]2[C@H]1CCC(C)=C1C(=O)[C@H]3O[C@]3(C)[C@@H]12. The van der Waals surface area contributed by atoms with Crippen molar-refractivity contribution in [3.05, 3.63) is 23.3 Å². The molecule has 2 heterocycles. The maximum Gasteiger partial charge on any atom is 0.334 e. The Balaban J connectivity index is 1.86. The smallest absolute Gasteiger partial charge is 0.334 e. The molecule has 0 amide bonds. The summed E-state index contributed by atoms with van der Waals surface area (Å²) in [5, 5.41) is 0. The number of rotatable bonds is 0. The van der Waals surface area contributed by atoms with E-state index in [2.05, 4.69) is 6.58 Å². The Kier molecular flexibility index (Phi) is 1.91. The van der Waals surface area contributed by atoms with Gasteiger partial charge in [0, 0.05) is 17.1 Å². The van der Waals surface area contributed by atoms with Gasteiger partial charge in [0.2, 0.25) is 0 Å². The summed E-state index contributed by atoms with van der Waals surface area (Å²) in [5.74, 6) is -0.300. The Bertz CT molecular complexity index is 573. The van der Waals surface area contributed by atoms with Crippen LogP contribution >= 0.6 is 0 Å². The first kappa shape index (κ1) is 11.4. The normalized spacial score (nSPS) is 47.6. The van der Waals surface area contributed by atoms with Gasteiger partial charge in [-0.05, 0) is 26.7 Å². The van der Waals surface area contributed by atoms with Crippen molar-refractivity contribution in [2.75, 3.05) is 0 Å². The van der Waals surface area contributed by atoms with Gasteiger partial charge in [-0.15, -0.1) is 0 Å². The molecule has 0 aromatic carbocycles. The number of Topliss-reactive ketones (excluding diaryl/α,β-unsaturated/α-hetero) is 1. The molecule has 5 atom stereocenters. The molecule has 2 aliphatic heterocycles. The summed E-state index contributed by atoms with van der Waals surface area (Å²) in [7, 11) is 0. The third-order valence-corrected chi connectivity index (χ3v) is 5.24. The maximum absolute atomic E-state index is 12.4. The topological polar surface area (TPSA) is 55.9 Å². The fourth-order valence-electron chi connectivity index (χ4n) is 4.09. The third-order valence-electron chi connectivity index (χ3n) is 5.24. The van der Waals surface area contributed by atoms with Crippen molar-refractivity contribution in [2.45, 2.75) is 44.5 Å². The highest BCUT2D eigenvalue weighted by atomic mass is 16.6.